The molecule has 0 unspecified atom stereocenters. The number of rotatable bonds is 6. The first-order chi connectivity index (χ1) is 9.89. The van der Waals surface area contributed by atoms with Crippen LogP contribution in [0.2, 0.25) is 18.1 Å². The van der Waals surface area contributed by atoms with Gasteiger partial charge in [0.05, 0.1) is 13.2 Å². The Labute approximate surface area is 135 Å². The highest BCUT2D eigenvalue weighted by Crippen LogP contribution is 2.37. The molecule has 22 heavy (non-hydrogen) atoms. The minimum Gasteiger partial charge on any atom is -0.414 e. The van der Waals surface area contributed by atoms with Crippen LogP contribution in [0.5, 0.6) is 0 Å². The van der Waals surface area contributed by atoms with Gasteiger partial charge in [-0.1, -0.05) is 32.9 Å². The Hall–Kier alpha value is -0.243. The number of aliphatic hydroxyl groups is 2. The fraction of sp³-hybridized carbons (Fsp3) is 0.875. The van der Waals surface area contributed by atoms with E-state index < -0.39 is 26.3 Å². The maximum atomic E-state index is 10.5. The van der Waals surface area contributed by atoms with Gasteiger partial charge in [-0.05, 0) is 32.0 Å². The van der Waals surface area contributed by atoms with Gasteiger partial charge in [-0.15, -0.1) is 0 Å². The van der Waals surface area contributed by atoms with E-state index in [9.17, 15) is 5.11 Å². The van der Waals surface area contributed by atoms with Crippen LogP contribution in [0.1, 0.15) is 34.6 Å². The molecule has 1 fully saturated rings. The summed E-state index contributed by atoms with van der Waals surface area (Å²) in [6, 6.07) is 0. The molecule has 0 aliphatic carbocycles. The van der Waals surface area contributed by atoms with Crippen molar-refractivity contribution in [3.05, 3.63) is 12.2 Å². The lowest BCUT2D eigenvalue weighted by molar-refractivity contribution is -0.155. The lowest BCUT2D eigenvalue weighted by Crippen LogP contribution is -2.46. The highest BCUT2D eigenvalue weighted by Gasteiger charge is 2.45. The monoisotopic (exact) mass is 332 g/mol. The molecule has 5 nitrogen and oxygen atoms in total. The highest BCUT2D eigenvalue weighted by atomic mass is 28.4. The molecule has 0 aromatic carbocycles. The third kappa shape index (κ3) is 5.14. The molecule has 0 aromatic heterocycles. The van der Waals surface area contributed by atoms with Crippen molar-refractivity contribution in [1.29, 1.82) is 0 Å². The van der Waals surface area contributed by atoms with Crippen molar-refractivity contribution >= 4 is 8.32 Å². The Morgan fingerprint density at radius 1 is 1.27 bits per heavy atom. The molecule has 0 aromatic rings. The molecule has 0 spiro atoms. The second-order valence-electron chi connectivity index (χ2n) is 7.81. The molecule has 1 saturated heterocycles. The molecular formula is C16H32O5Si. The molecule has 0 bridgehead atoms. The van der Waals surface area contributed by atoms with Crippen molar-refractivity contribution in [2.75, 3.05) is 13.2 Å². The molecule has 0 amide bonds. The van der Waals surface area contributed by atoms with Crippen molar-refractivity contribution in [1.82, 2.24) is 0 Å². The van der Waals surface area contributed by atoms with Gasteiger partial charge in [0.2, 0.25) is 0 Å². The Morgan fingerprint density at radius 2 is 1.86 bits per heavy atom. The van der Waals surface area contributed by atoms with Gasteiger partial charge in [-0.2, -0.15) is 0 Å². The summed E-state index contributed by atoms with van der Waals surface area (Å²) in [4.78, 5) is 0. The average molecular weight is 333 g/mol. The quantitative estimate of drug-likeness (QED) is 0.577. The number of hydrogen-bond donors (Lipinski definition) is 2. The van der Waals surface area contributed by atoms with E-state index in [2.05, 4.69) is 33.9 Å². The van der Waals surface area contributed by atoms with Crippen LogP contribution in [0.4, 0.5) is 0 Å². The number of ether oxygens (including phenoxy) is 2. The minimum absolute atomic E-state index is 0.0659. The predicted octanol–water partition coefficient (Wildman–Crippen LogP) is 2.44. The van der Waals surface area contributed by atoms with Crippen LogP contribution >= 0.6 is 0 Å². The molecule has 6 heteroatoms. The van der Waals surface area contributed by atoms with Gasteiger partial charge in [0.25, 0.3) is 0 Å². The van der Waals surface area contributed by atoms with E-state index in [1.54, 1.807) is 12.2 Å². The van der Waals surface area contributed by atoms with Crippen molar-refractivity contribution in [2.45, 2.75) is 76.8 Å². The van der Waals surface area contributed by atoms with Crippen LogP contribution in [0.15, 0.2) is 12.2 Å². The van der Waals surface area contributed by atoms with Crippen LogP contribution in [-0.4, -0.2) is 55.8 Å². The zero-order chi connectivity index (χ0) is 17.2. The molecule has 0 radical (unpaired) electrons. The van der Waals surface area contributed by atoms with Crippen molar-refractivity contribution in [3.8, 4) is 0 Å². The van der Waals surface area contributed by atoms with Crippen molar-refractivity contribution in [2.24, 2.45) is 0 Å². The molecular weight excluding hydrogens is 300 g/mol. The second kappa shape index (κ2) is 7.11. The predicted molar refractivity (Wildman–Crippen MR) is 89.2 cm³/mol. The molecule has 1 heterocycles. The van der Waals surface area contributed by atoms with Crippen molar-refractivity contribution < 1.29 is 24.1 Å². The van der Waals surface area contributed by atoms with Gasteiger partial charge < -0.3 is 24.1 Å². The lowest BCUT2D eigenvalue weighted by atomic mass is 10.1. The van der Waals surface area contributed by atoms with Crippen LogP contribution < -0.4 is 0 Å². The summed E-state index contributed by atoms with van der Waals surface area (Å²) in [5.41, 5.74) is 0. The topological polar surface area (TPSA) is 68.2 Å². The maximum Gasteiger partial charge on any atom is 0.192 e. The van der Waals surface area contributed by atoms with E-state index in [1.165, 1.54) is 0 Å². The fourth-order valence-corrected chi connectivity index (χ4v) is 3.08. The van der Waals surface area contributed by atoms with Gasteiger partial charge in [0.1, 0.15) is 18.3 Å². The largest absolute Gasteiger partial charge is 0.414 e. The summed E-state index contributed by atoms with van der Waals surface area (Å²) in [5, 5.41) is 19.5. The first-order valence-corrected chi connectivity index (χ1v) is 10.8. The van der Waals surface area contributed by atoms with E-state index in [4.69, 9.17) is 19.0 Å². The number of aliphatic hydroxyl groups excluding tert-OH is 2. The Kier molecular flexibility index (Phi) is 6.40. The Balaban J connectivity index is 2.70. The SMILES string of the molecule is CC1(C)O[C@H]([C@H](O)CO[Si](C)(C)C(C)(C)C)[C@H](/C=C\CO)O1. The summed E-state index contributed by atoms with van der Waals surface area (Å²) in [7, 11) is -1.92. The van der Waals surface area contributed by atoms with Crippen LogP contribution in [0.25, 0.3) is 0 Å². The molecule has 130 valence electrons. The molecule has 1 aliphatic heterocycles. The van der Waals surface area contributed by atoms with Gasteiger partial charge in [-0.3, -0.25) is 0 Å². The fourth-order valence-electron chi connectivity index (χ4n) is 2.06. The standard InChI is InChI=1S/C16H32O5Si/c1-15(2,3)22(6,7)19-11-12(18)14-13(9-8-10-17)20-16(4,5)21-14/h8-9,12-14,17-18H,10-11H2,1-7H3/b9-8-/t12-,13+,14-/m1/s1. The normalized spacial score (nSPS) is 27.5. The maximum absolute atomic E-state index is 10.5. The molecule has 2 N–H and O–H groups in total. The van der Waals surface area contributed by atoms with Crippen LogP contribution in [-0.2, 0) is 13.9 Å². The summed E-state index contributed by atoms with van der Waals surface area (Å²) < 4.78 is 17.6. The van der Waals surface area contributed by atoms with E-state index in [-0.39, 0.29) is 24.4 Å². The molecule has 1 rings (SSSR count). The van der Waals surface area contributed by atoms with Gasteiger partial charge >= 0.3 is 0 Å². The first-order valence-electron chi connectivity index (χ1n) is 7.85. The average Bonchev–Trinajstić information content (AvgIpc) is 2.67. The van der Waals surface area contributed by atoms with E-state index in [0.29, 0.717) is 0 Å². The summed E-state index contributed by atoms with van der Waals surface area (Å²) in [6.07, 6.45) is 1.67. The number of hydrogen-bond acceptors (Lipinski definition) is 5. The third-order valence-electron chi connectivity index (χ3n) is 4.40. The van der Waals surface area contributed by atoms with Crippen LogP contribution in [0.3, 0.4) is 0 Å². The molecule has 0 saturated carbocycles. The first kappa shape index (κ1) is 19.8. The van der Waals surface area contributed by atoms with Gasteiger partial charge in [0.15, 0.2) is 14.1 Å². The van der Waals surface area contributed by atoms with E-state index >= 15 is 0 Å². The van der Waals surface area contributed by atoms with Crippen molar-refractivity contribution in [3.63, 3.8) is 0 Å². The smallest absolute Gasteiger partial charge is 0.192 e. The Bertz CT molecular complexity index is 386. The second-order valence-corrected chi connectivity index (χ2v) is 12.6. The summed E-state index contributed by atoms with van der Waals surface area (Å²) >= 11 is 0. The zero-order valence-electron chi connectivity index (χ0n) is 14.9. The summed E-state index contributed by atoms with van der Waals surface area (Å²) in [6.45, 7) is 14.6. The lowest BCUT2D eigenvalue weighted by Gasteiger charge is -2.37. The van der Waals surface area contributed by atoms with Gasteiger partial charge in [0, 0.05) is 0 Å². The van der Waals surface area contributed by atoms with E-state index in [0.717, 1.165) is 0 Å². The third-order valence-corrected chi connectivity index (χ3v) is 8.90. The van der Waals surface area contributed by atoms with E-state index in [1.807, 2.05) is 13.8 Å². The zero-order valence-corrected chi connectivity index (χ0v) is 15.9. The van der Waals surface area contributed by atoms with Crippen LogP contribution in [0, 0.1) is 0 Å². The summed E-state index contributed by atoms with van der Waals surface area (Å²) in [5.74, 6) is -0.757. The highest BCUT2D eigenvalue weighted by molar-refractivity contribution is 6.74. The minimum atomic E-state index is -1.92. The molecule has 3 atom stereocenters. The van der Waals surface area contributed by atoms with Gasteiger partial charge in [-0.25, -0.2) is 0 Å². The Morgan fingerprint density at radius 3 is 2.36 bits per heavy atom. The molecule has 1 aliphatic rings.